The lowest BCUT2D eigenvalue weighted by atomic mass is 10.1. The number of aliphatic imine (C=N–C) groups is 1. The molecule has 1 saturated heterocycles. The first-order chi connectivity index (χ1) is 10.2. The predicted octanol–water partition coefficient (Wildman–Crippen LogP) is 0.834. The van der Waals surface area contributed by atoms with Crippen molar-refractivity contribution in [3.8, 4) is 0 Å². The van der Waals surface area contributed by atoms with Gasteiger partial charge in [-0.1, -0.05) is 0 Å². The molecular weight excluding hydrogens is 340 g/mol. The summed E-state index contributed by atoms with van der Waals surface area (Å²) in [5.74, 6) is -0.996. The van der Waals surface area contributed by atoms with Gasteiger partial charge in [-0.2, -0.15) is 4.99 Å². The lowest BCUT2D eigenvalue weighted by Gasteiger charge is -2.22. The van der Waals surface area contributed by atoms with Crippen LogP contribution in [0.5, 0.6) is 0 Å². The first-order valence-corrected chi connectivity index (χ1v) is 8.83. The zero-order chi connectivity index (χ0) is 16.5. The number of hydrogen-bond acceptors (Lipinski definition) is 4. The third kappa shape index (κ3) is 4.35. The van der Waals surface area contributed by atoms with Gasteiger partial charge in [0.1, 0.15) is 0 Å². The van der Waals surface area contributed by atoms with E-state index in [4.69, 9.17) is 11.5 Å². The third-order valence-electron chi connectivity index (χ3n) is 3.61. The molecule has 1 aromatic rings. The maximum absolute atomic E-state index is 12.1. The Morgan fingerprint density at radius 2 is 1.78 bits per heavy atom. The molecule has 0 atom stereocenters. The normalized spacial score (nSPS) is 14.3. The van der Waals surface area contributed by atoms with Crippen molar-refractivity contribution in [3.63, 3.8) is 0 Å². The van der Waals surface area contributed by atoms with E-state index < -0.39 is 15.7 Å². The smallest absolute Gasteiger partial charge is 0.280 e. The van der Waals surface area contributed by atoms with Crippen LogP contribution in [0.2, 0.25) is 0 Å². The molecule has 1 heterocycles. The highest BCUT2D eigenvalue weighted by Gasteiger charge is 2.24. The standard InChI is InChI=1S/C14H20N4O3S.ClH/c1-9-7-11(18-5-3-4-6-18)12(22(2,20)21)8-10(9)13(19)17-14(15)16;/h7-8H,3-6H2,1-2H3,(H4,15,16,17,19);1H. The Balaban J connectivity index is 0.00000264. The summed E-state index contributed by atoms with van der Waals surface area (Å²) < 4.78 is 24.2. The summed E-state index contributed by atoms with van der Waals surface area (Å²) in [6.07, 6.45) is 3.18. The van der Waals surface area contributed by atoms with Crippen molar-refractivity contribution < 1.29 is 13.2 Å². The third-order valence-corrected chi connectivity index (χ3v) is 4.74. The van der Waals surface area contributed by atoms with Crippen LogP contribution in [0.4, 0.5) is 5.69 Å². The topological polar surface area (TPSA) is 119 Å². The van der Waals surface area contributed by atoms with Gasteiger partial charge in [0.15, 0.2) is 15.8 Å². The van der Waals surface area contributed by atoms with Gasteiger partial charge in [0.05, 0.1) is 10.6 Å². The van der Waals surface area contributed by atoms with Crippen molar-refractivity contribution in [1.82, 2.24) is 0 Å². The molecule has 1 fully saturated rings. The fourth-order valence-electron chi connectivity index (χ4n) is 2.58. The predicted molar refractivity (Wildman–Crippen MR) is 93.1 cm³/mol. The second-order valence-electron chi connectivity index (χ2n) is 5.44. The lowest BCUT2D eigenvalue weighted by molar-refractivity contribution is 0.100. The number of sulfone groups is 1. The quantitative estimate of drug-likeness (QED) is 0.608. The molecule has 7 nitrogen and oxygen atoms in total. The van der Waals surface area contributed by atoms with Crippen LogP contribution >= 0.6 is 12.4 Å². The summed E-state index contributed by atoms with van der Waals surface area (Å²) in [5, 5.41) is 0. The highest BCUT2D eigenvalue weighted by Crippen LogP contribution is 2.31. The molecule has 0 saturated carbocycles. The molecule has 1 amide bonds. The Hall–Kier alpha value is -1.80. The molecule has 1 aliphatic rings. The van der Waals surface area contributed by atoms with Gasteiger partial charge in [-0.3, -0.25) is 4.79 Å². The van der Waals surface area contributed by atoms with Gasteiger partial charge in [-0.15, -0.1) is 12.4 Å². The van der Waals surface area contributed by atoms with E-state index >= 15 is 0 Å². The molecule has 0 bridgehead atoms. The van der Waals surface area contributed by atoms with Crippen molar-refractivity contribution in [2.45, 2.75) is 24.7 Å². The molecule has 0 radical (unpaired) electrons. The Bertz CT molecular complexity index is 737. The minimum atomic E-state index is -3.48. The summed E-state index contributed by atoms with van der Waals surface area (Å²) in [5.41, 5.74) is 11.9. The van der Waals surface area contributed by atoms with E-state index in [-0.39, 0.29) is 28.8 Å². The van der Waals surface area contributed by atoms with Crippen molar-refractivity contribution in [2.75, 3.05) is 24.2 Å². The van der Waals surface area contributed by atoms with Gasteiger partial charge in [0, 0.05) is 24.9 Å². The molecule has 1 aliphatic heterocycles. The average Bonchev–Trinajstić information content (AvgIpc) is 2.89. The number of anilines is 1. The SMILES string of the molecule is Cc1cc(N2CCCC2)c(S(C)(=O)=O)cc1C(=O)N=C(N)N.Cl. The first kappa shape index (κ1) is 19.2. The number of halogens is 1. The lowest BCUT2D eigenvalue weighted by Crippen LogP contribution is -2.25. The van der Waals surface area contributed by atoms with Crippen molar-refractivity contribution in [2.24, 2.45) is 16.5 Å². The molecule has 0 aromatic heterocycles. The summed E-state index contributed by atoms with van der Waals surface area (Å²) in [6.45, 7) is 3.35. The molecule has 0 aliphatic carbocycles. The van der Waals surface area contributed by atoms with Crippen molar-refractivity contribution in [3.05, 3.63) is 23.3 Å². The Labute approximate surface area is 142 Å². The molecule has 4 N–H and O–H groups in total. The number of carbonyl (C=O) groups excluding carboxylic acids is 1. The second kappa shape index (κ2) is 7.18. The van der Waals surface area contributed by atoms with Gasteiger partial charge in [0.2, 0.25) is 0 Å². The fraction of sp³-hybridized carbons (Fsp3) is 0.429. The minimum absolute atomic E-state index is 0. The number of rotatable bonds is 3. The zero-order valence-corrected chi connectivity index (χ0v) is 14.7. The summed E-state index contributed by atoms with van der Waals surface area (Å²) in [7, 11) is -3.48. The van der Waals surface area contributed by atoms with Crippen molar-refractivity contribution >= 4 is 39.8 Å². The van der Waals surface area contributed by atoms with Gasteiger partial charge in [-0.05, 0) is 37.5 Å². The minimum Gasteiger partial charge on any atom is -0.370 e. The van der Waals surface area contributed by atoms with E-state index in [0.29, 0.717) is 11.3 Å². The van der Waals surface area contributed by atoms with Gasteiger partial charge < -0.3 is 16.4 Å². The van der Waals surface area contributed by atoms with Crippen LogP contribution < -0.4 is 16.4 Å². The van der Waals surface area contributed by atoms with Crippen LogP contribution in [-0.2, 0) is 9.84 Å². The van der Waals surface area contributed by atoms with E-state index in [0.717, 1.165) is 32.2 Å². The highest BCUT2D eigenvalue weighted by atomic mass is 35.5. The molecule has 2 rings (SSSR count). The summed E-state index contributed by atoms with van der Waals surface area (Å²) >= 11 is 0. The molecule has 23 heavy (non-hydrogen) atoms. The first-order valence-electron chi connectivity index (χ1n) is 6.94. The number of nitrogens with two attached hydrogens (primary N) is 2. The van der Waals surface area contributed by atoms with Crippen molar-refractivity contribution in [1.29, 1.82) is 0 Å². The molecule has 9 heteroatoms. The molecule has 0 spiro atoms. The second-order valence-corrected chi connectivity index (χ2v) is 7.43. The van der Waals surface area contributed by atoms with E-state index in [1.807, 2.05) is 4.90 Å². The number of benzene rings is 1. The van der Waals surface area contributed by atoms with Gasteiger partial charge >= 0.3 is 0 Å². The fourth-order valence-corrected chi connectivity index (χ4v) is 3.48. The van der Waals surface area contributed by atoms with Gasteiger partial charge in [0.25, 0.3) is 5.91 Å². The number of hydrogen-bond donors (Lipinski definition) is 2. The largest absolute Gasteiger partial charge is 0.370 e. The molecule has 128 valence electrons. The van der Waals surface area contributed by atoms with E-state index in [1.165, 1.54) is 6.07 Å². The maximum atomic E-state index is 12.1. The van der Waals surface area contributed by atoms with Crippen LogP contribution in [0.25, 0.3) is 0 Å². The van der Waals surface area contributed by atoms with Crippen LogP contribution in [0.3, 0.4) is 0 Å². The number of aryl methyl sites for hydroxylation is 1. The zero-order valence-electron chi connectivity index (χ0n) is 13.1. The van der Waals surface area contributed by atoms with E-state index in [1.54, 1.807) is 13.0 Å². The number of carbonyl (C=O) groups is 1. The van der Waals surface area contributed by atoms with Crippen LogP contribution in [0.15, 0.2) is 22.0 Å². The number of nitrogens with zero attached hydrogens (tertiary/aromatic N) is 2. The van der Waals surface area contributed by atoms with E-state index in [2.05, 4.69) is 4.99 Å². The highest BCUT2D eigenvalue weighted by molar-refractivity contribution is 7.90. The summed E-state index contributed by atoms with van der Waals surface area (Å²) in [4.78, 5) is 17.7. The number of guanidine groups is 1. The Morgan fingerprint density at radius 3 is 2.26 bits per heavy atom. The van der Waals surface area contributed by atoms with Crippen LogP contribution in [0.1, 0.15) is 28.8 Å². The van der Waals surface area contributed by atoms with Crippen LogP contribution in [-0.4, -0.2) is 39.6 Å². The van der Waals surface area contributed by atoms with Gasteiger partial charge in [-0.25, -0.2) is 8.42 Å². The maximum Gasteiger partial charge on any atom is 0.280 e. The Kier molecular flexibility index (Phi) is 6.01. The van der Waals surface area contributed by atoms with Crippen LogP contribution in [0, 0.1) is 6.92 Å². The molecular formula is C14H21ClN4O3S. The van der Waals surface area contributed by atoms with E-state index in [9.17, 15) is 13.2 Å². The monoisotopic (exact) mass is 360 g/mol. The molecule has 1 aromatic carbocycles. The summed E-state index contributed by atoms with van der Waals surface area (Å²) in [6, 6.07) is 3.09. The Morgan fingerprint density at radius 1 is 1.22 bits per heavy atom. The molecule has 0 unspecified atom stereocenters. The average molecular weight is 361 g/mol. The number of amides is 1.